The first-order valence-electron chi connectivity index (χ1n) is 9.47. The number of carbonyl (C=O) groups excluding carboxylic acids is 1. The fraction of sp³-hybridized carbons (Fsp3) is 0.208. The van der Waals surface area contributed by atoms with Crippen molar-refractivity contribution in [3.8, 4) is 0 Å². The van der Waals surface area contributed by atoms with Gasteiger partial charge in [-0.15, -0.1) is 0 Å². The van der Waals surface area contributed by atoms with Crippen molar-refractivity contribution in [2.24, 2.45) is 0 Å². The number of benzene rings is 3. The molecule has 0 radical (unpaired) electrons. The van der Waals surface area contributed by atoms with Crippen molar-refractivity contribution in [1.82, 2.24) is 0 Å². The van der Waals surface area contributed by atoms with Crippen LogP contribution in [0.25, 0.3) is 0 Å². The molecule has 132 valence electrons. The Bertz CT molecular complexity index is 768. The van der Waals surface area contributed by atoms with Gasteiger partial charge in [0.25, 0.3) is 0 Å². The molecule has 0 heterocycles. The molecular weight excluding hydrogens is 335 g/mol. The maximum absolute atomic E-state index is 13.4. The van der Waals surface area contributed by atoms with Gasteiger partial charge in [-0.05, 0) is 0 Å². The summed E-state index contributed by atoms with van der Waals surface area (Å²) in [5.41, 5.74) is 0.380. The van der Waals surface area contributed by atoms with Crippen molar-refractivity contribution in [2.75, 3.05) is 0 Å². The van der Waals surface area contributed by atoms with E-state index >= 15 is 0 Å². The van der Waals surface area contributed by atoms with Crippen molar-refractivity contribution < 1.29 is 4.79 Å². The molecule has 1 aliphatic carbocycles. The first-order chi connectivity index (χ1) is 12.8. The first-order valence-corrected chi connectivity index (χ1v) is 11.8. The molecule has 0 atom stereocenters. The van der Waals surface area contributed by atoms with Crippen molar-refractivity contribution in [3.63, 3.8) is 0 Å². The van der Waals surface area contributed by atoms with E-state index in [1.807, 2.05) is 18.2 Å². The molecule has 4 rings (SSSR count). The first kappa shape index (κ1) is 17.2. The Kier molecular flexibility index (Phi) is 4.51. The Morgan fingerprint density at radius 3 is 1.27 bits per heavy atom. The molecule has 0 spiro atoms. The van der Waals surface area contributed by atoms with Gasteiger partial charge in [0.15, 0.2) is 0 Å². The van der Waals surface area contributed by atoms with Gasteiger partial charge in [-0.1, -0.05) is 0 Å². The summed E-state index contributed by atoms with van der Waals surface area (Å²) in [6.45, 7) is -3.21. The van der Waals surface area contributed by atoms with E-state index in [-0.39, 0.29) is 0 Å². The molecule has 0 bridgehead atoms. The topological polar surface area (TPSA) is 17.1 Å². The van der Waals surface area contributed by atoms with Crippen LogP contribution in [0.15, 0.2) is 91.0 Å². The zero-order chi connectivity index (χ0) is 17.9. The molecule has 1 aliphatic rings. The van der Waals surface area contributed by atoms with Gasteiger partial charge in [0.05, 0.1) is 0 Å². The van der Waals surface area contributed by atoms with Crippen molar-refractivity contribution in [2.45, 2.75) is 31.3 Å². The van der Waals surface area contributed by atoms with Gasteiger partial charge in [-0.2, -0.15) is 0 Å². The van der Waals surface area contributed by atoms with Gasteiger partial charge in [0, 0.05) is 0 Å². The van der Waals surface area contributed by atoms with E-state index in [0.717, 1.165) is 12.8 Å². The zero-order valence-corrected chi connectivity index (χ0v) is 15.9. The van der Waals surface area contributed by atoms with Crippen LogP contribution >= 0.6 is 6.60 Å². The molecule has 1 nitrogen and oxygen atoms in total. The fourth-order valence-electron chi connectivity index (χ4n) is 5.04. The number of hydrogen-bond donors (Lipinski definition) is 0. The Morgan fingerprint density at radius 2 is 0.962 bits per heavy atom. The van der Waals surface area contributed by atoms with Crippen molar-refractivity contribution in [3.05, 3.63) is 91.0 Å². The van der Waals surface area contributed by atoms with E-state index in [1.54, 1.807) is 0 Å². The maximum atomic E-state index is 13.4. The summed E-state index contributed by atoms with van der Waals surface area (Å²) in [5, 5.41) is 3.62. The molecule has 3 aromatic rings. The summed E-state index contributed by atoms with van der Waals surface area (Å²) >= 11 is 0. The van der Waals surface area contributed by atoms with Crippen LogP contribution < -0.4 is 15.9 Å². The normalized spacial score (nSPS) is 16.7. The molecule has 0 N–H and O–H groups in total. The Morgan fingerprint density at radius 1 is 0.615 bits per heavy atom. The SMILES string of the molecule is O=CP(c1ccccc1)(c1ccccc1)(c1ccccc1)C1CCCC1. The van der Waals surface area contributed by atoms with E-state index in [4.69, 9.17) is 0 Å². The third-order valence-corrected chi connectivity index (χ3v) is 12.9. The van der Waals surface area contributed by atoms with Gasteiger partial charge in [-0.3, -0.25) is 0 Å². The van der Waals surface area contributed by atoms with Gasteiger partial charge < -0.3 is 0 Å². The van der Waals surface area contributed by atoms with E-state index in [2.05, 4.69) is 72.8 Å². The minimum absolute atomic E-state index is 0.380. The van der Waals surface area contributed by atoms with Crippen LogP contribution in [-0.2, 0) is 4.79 Å². The molecule has 0 unspecified atom stereocenters. The van der Waals surface area contributed by atoms with Crippen LogP contribution in [0.2, 0.25) is 0 Å². The van der Waals surface area contributed by atoms with Crippen molar-refractivity contribution >= 4 is 28.5 Å². The van der Waals surface area contributed by atoms with Crippen LogP contribution in [0.4, 0.5) is 0 Å². The third-order valence-electron chi connectivity index (χ3n) is 6.24. The molecule has 1 saturated carbocycles. The number of rotatable bonds is 5. The summed E-state index contributed by atoms with van der Waals surface area (Å²) in [7, 11) is 0. The second-order valence-corrected chi connectivity index (χ2v) is 12.3. The van der Waals surface area contributed by atoms with Gasteiger partial charge in [0.1, 0.15) is 0 Å². The summed E-state index contributed by atoms with van der Waals surface area (Å²) < 4.78 is 0. The Balaban J connectivity index is 2.19. The van der Waals surface area contributed by atoms with Gasteiger partial charge in [0.2, 0.25) is 0 Å². The molecule has 26 heavy (non-hydrogen) atoms. The van der Waals surface area contributed by atoms with Gasteiger partial charge in [-0.25, -0.2) is 0 Å². The summed E-state index contributed by atoms with van der Waals surface area (Å²) in [4.78, 5) is 13.4. The Labute approximate surface area is 156 Å². The predicted molar refractivity (Wildman–Crippen MR) is 114 cm³/mol. The Hall–Kier alpha value is -2.24. The monoisotopic (exact) mass is 360 g/mol. The quantitative estimate of drug-likeness (QED) is 0.478. The van der Waals surface area contributed by atoms with Crippen LogP contribution in [0.1, 0.15) is 25.7 Å². The average molecular weight is 360 g/mol. The molecule has 3 aromatic carbocycles. The molecule has 1 fully saturated rings. The van der Waals surface area contributed by atoms with E-state index in [1.165, 1.54) is 34.8 Å². The number of hydrogen-bond acceptors (Lipinski definition) is 1. The third kappa shape index (κ3) is 2.24. The average Bonchev–Trinajstić information content (AvgIpc) is 3.28. The van der Waals surface area contributed by atoms with Crippen LogP contribution in [0, 0.1) is 0 Å². The number of carbonyl (C=O) groups is 1. The second kappa shape index (κ2) is 6.82. The molecule has 0 aromatic heterocycles. The summed E-state index contributed by atoms with van der Waals surface area (Å²) in [5.74, 6) is 0. The molecular formula is C24H25OP. The van der Waals surface area contributed by atoms with E-state index < -0.39 is 6.60 Å². The van der Waals surface area contributed by atoms with Crippen LogP contribution in [0.5, 0.6) is 0 Å². The second-order valence-electron chi connectivity index (χ2n) is 7.31. The minimum atomic E-state index is -3.21. The van der Waals surface area contributed by atoms with Crippen molar-refractivity contribution in [1.29, 1.82) is 0 Å². The zero-order valence-electron chi connectivity index (χ0n) is 15.0. The molecule has 0 aliphatic heterocycles. The fourth-order valence-corrected chi connectivity index (χ4v) is 11.6. The van der Waals surface area contributed by atoms with E-state index in [9.17, 15) is 4.79 Å². The summed E-state index contributed by atoms with van der Waals surface area (Å²) in [6, 6.07) is 33.1. The summed E-state index contributed by atoms with van der Waals surface area (Å²) in [6.07, 6.45) is 4.66. The predicted octanol–water partition coefficient (Wildman–Crippen LogP) is 4.65. The van der Waals surface area contributed by atoms with E-state index in [0.29, 0.717) is 5.66 Å². The molecule has 0 amide bonds. The molecule has 2 heteroatoms. The standard InChI is InChI=1S/C24H25OP/c25-20-26(24-18-10-11-19-24,21-12-4-1-5-13-21,22-14-6-2-7-15-22)23-16-8-3-9-17-23/h1-9,12-17,20,24H,10-11,18-19H2. The van der Waals surface area contributed by atoms with Crippen LogP contribution in [-0.4, -0.2) is 11.7 Å². The van der Waals surface area contributed by atoms with Gasteiger partial charge >= 0.3 is 156 Å². The molecule has 0 saturated heterocycles. The van der Waals surface area contributed by atoms with Crippen LogP contribution in [0.3, 0.4) is 0 Å².